The molecule has 0 unspecified atom stereocenters. The lowest BCUT2D eigenvalue weighted by Crippen LogP contribution is -2.30. The van der Waals surface area contributed by atoms with Gasteiger partial charge in [0.2, 0.25) is 0 Å². The number of benzene rings is 3. The average molecular weight is 442 g/mol. The van der Waals surface area contributed by atoms with E-state index in [4.69, 9.17) is 4.74 Å². The Hall–Kier alpha value is -3.77. The van der Waals surface area contributed by atoms with Crippen molar-refractivity contribution in [2.75, 3.05) is 0 Å². The van der Waals surface area contributed by atoms with Gasteiger partial charge in [-0.3, -0.25) is 9.59 Å². The number of aromatic nitrogens is 2. The summed E-state index contributed by atoms with van der Waals surface area (Å²) < 4.78 is 7.03. The topological polar surface area (TPSA) is 73.2 Å². The predicted octanol–water partition coefficient (Wildman–Crippen LogP) is 4.30. The van der Waals surface area contributed by atoms with Crippen LogP contribution in [0.2, 0.25) is 0 Å². The molecule has 0 spiro atoms. The molecule has 0 atom stereocenters. The van der Waals surface area contributed by atoms with E-state index in [2.05, 4.69) is 10.4 Å². The number of fused-ring (bicyclic) bond motifs is 1. The van der Waals surface area contributed by atoms with E-state index in [1.165, 1.54) is 4.68 Å². The van der Waals surface area contributed by atoms with Gasteiger partial charge in [0.05, 0.1) is 24.6 Å². The van der Waals surface area contributed by atoms with Crippen LogP contribution < -0.4 is 10.9 Å². The van der Waals surface area contributed by atoms with E-state index in [-0.39, 0.29) is 23.3 Å². The Balaban J connectivity index is 1.58. The Morgan fingerprint density at radius 1 is 0.909 bits per heavy atom. The summed E-state index contributed by atoms with van der Waals surface area (Å²) in [7, 11) is 0. The molecule has 1 amide bonds. The molecule has 0 fully saturated rings. The van der Waals surface area contributed by atoms with Crippen LogP contribution in [0.25, 0.3) is 10.8 Å². The van der Waals surface area contributed by atoms with E-state index in [1.807, 2.05) is 68.4 Å². The van der Waals surface area contributed by atoms with Crippen LogP contribution in [-0.4, -0.2) is 21.8 Å². The van der Waals surface area contributed by atoms with Gasteiger partial charge in [-0.1, -0.05) is 72.8 Å². The number of ether oxygens (including phenoxy) is 1. The highest BCUT2D eigenvalue weighted by Crippen LogP contribution is 2.15. The maximum atomic E-state index is 13.1. The summed E-state index contributed by atoms with van der Waals surface area (Å²) in [5.74, 6) is -0.322. The second-order valence-corrected chi connectivity index (χ2v) is 8.20. The average Bonchev–Trinajstić information content (AvgIpc) is 2.84. The van der Waals surface area contributed by atoms with Gasteiger partial charge < -0.3 is 10.1 Å². The van der Waals surface area contributed by atoms with Crippen molar-refractivity contribution in [3.8, 4) is 0 Å². The molecule has 4 rings (SSSR count). The molecular weight excluding hydrogens is 414 g/mol. The predicted molar refractivity (Wildman–Crippen MR) is 129 cm³/mol. The van der Waals surface area contributed by atoms with Crippen molar-refractivity contribution >= 4 is 16.7 Å². The Morgan fingerprint density at radius 3 is 2.33 bits per heavy atom. The number of nitrogens with one attached hydrogen (secondary N) is 1. The minimum absolute atomic E-state index is 0.152. The first-order valence-corrected chi connectivity index (χ1v) is 11.0. The Kier molecular flexibility index (Phi) is 6.95. The van der Waals surface area contributed by atoms with Gasteiger partial charge in [0, 0.05) is 11.9 Å². The van der Waals surface area contributed by atoms with E-state index >= 15 is 0 Å². The number of carbonyl (C=O) groups is 1. The fourth-order valence-corrected chi connectivity index (χ4v) is 3.62. The molecule has 168 valence electrons. The molecule has 0 aliphatic carbocycles. The fraction of sp³-hybridized carbons (Fsp3) is 0.222. The first-order valence-electron chi connectivity index (χ1n) is 11.0. The van der Waals surface area contributed by atoms with Crippen molar-refractivity contribution in [2.45, 2.75) is 39.6 Å². The second kappa shape index (κ2) is 10.2. The number of amides is 1. The van der Waals surface area contributed by atoms with Gasteiger partial charge in [-0.15, -0.1) is 0 Å². The smallest absolute Gasteiger partial charge is 0.274 e. The third-order valence-corrected chi connectivity index (χ3v) is 5.29. The van der Waals surface area contributed by atoms with Gasteiger partial charge in [0.25, 0.3) is 11.5 Å². The third-order valence-electron chi connectivity index (χ3n) is 5.29. The quantitative estimate of drug-likeness (QED) is 0.443. The van der Waals surface area contributed by atoms with Gasteiger partial charge in [0.15, 0.2) is 5.69 Å². The molecule has 6 nitrogen and oxygen atoms in total. The molecular formula is C27H27N3O3. The largest absolute Gasteiger partial charge is 0.374 e. The Morgan fingerprint density at radius 2 is 1.58 bits per heavy atom. The van der Waals surface area contributed by atoms with Crippen molar-refractivity contribution in [3.63, 3.8) is 0 Å². The highest BCUT2D eigenvalue weighted by Gasteiger charge is 2.17. The van der Waals surface area contributed by atoms with Crippen LogP contribution in [0.15, 0.2) is 83.7 Å². The number of hydrogen-bond donors (Lipinski definition) is 1. The summed E-state index contributed by atoms with van der Waals surface area (Å²) in [6, 6.07) is 24.6. The second-order valence-electron chi connectivity index (χ2n) is 8.20. The van der Waals surface area contributed by atoms with Crippen LogP contribution in [0.4, 0.5) is 0 Å². The summed E-state index contributed by atoms with van der Waals surface area (Å²) in [4.78, 5) is 26.1. The summed E-state index contributed by atoms with van der Waals surface area (Å²) in [6.45, 7) is 5.16. The monoisotopic (exact) mass is 441 g/mol. The molecule has 0 saturated carbocycles. The van der Waals surface area contributed by atoms with Crippen LogP contribution in [0.1, 0.15) is 41.0 Å². The summed E-state index contributed by atoms with van der Waals surface area (Å²) in [6.07, 6.45) is 0.152. The Bertz CT molecular complexity index is 1310. The Labute approximate surface area is 192 Å². The molecule has 1 aromatic heterocycles. The van der Waals surface area contributed by atoms with Crippen LogP contribution in [0.3, 0.4) is 0 Å². The first kappa shape index (κ1) is 22.4. The van der Waals surface area contributed by atoms with E-state index in [0.717, 1.165) is 16.7 Å². The van der Waals surface area contributed by atoms with E-state index < -0.39 is 0 Å². The number of nitrogens with zero attached hydrogens (tertiary/aromatic N) is 2. The van der Waals surface area contributed by atoms with Crippen LogP contribution in [-0.2, 0) is 24.4 Å². The summed E-state index contributed by atoms with van der Waals surface area (Å²) in [5, 5.41) is 8.42. The van der Waals surface area contributed by atoms with E-state index in [0.29, 0.717) is 30.5 Å². The number of rotatable bonds is 8. The summed E-state index contributed by atoms with van der Waals surface area (Å²) in [5.41, 5.74) is 2.98. The minimum atomic E-state index is -0.322. The molecule has 33 heavy (non-hydrogen) atoms. The zero-order valence-electron chi connectivity index (χ0n) is 18.8. The van der Waals surface area contributed by atoms with Crippen molar-refractivity contribution in [1.29, 1.82) is 0 Å². The van der Waals surface area contributed by atoms with E-state index in [9.17, 15) is 9.59 Å². The molecule has 1 N–H and O–H groups in total. The van der Waals surface area contributed by atoms with Gasteiger partial charge >= 0.3 is 0 Å². The van der Waals surface area contributed by atoms with Crippen molar-refractivity contribution in [2.24, 2.45) is 0 Å². The molecule has 0 bridgehead atoms. The van der Waals surface area contributed by atoms with Gasteiger partial charge in [-0.2, -0.15) is 5.10 Å². The molecule has 4 aromatic rings. The van der Waals surface area contributed by atoms with Crippen LogP contribution in [0, 0.1) is 0 Å². The lowest BCUT2D eigenvalue weighted by atomic mass is 10.1. The molecule has 0 saturated heterocycles. The zero-order valence-corrected chi connectivity index (χ0v) is 18.8. The molecule has 0 radical (unpaired) electrons. The highest BCUT2D eigenvalue weighted by atomic mass is 16.5. The minimum Gasteiger partial charge on any atom is -0.374 e. The fourth-order valence-electron chi connectivity index (χ4n) is 3.62. The first-order chi connectivity index (χ1) is 16.0. The van der Waals surface area contributed by atoms with Gasteiger partial charge in [-0.05, 0) is 36.6 Å². The van der Waals surface area contributed by atoms with E-state index in [1.54, 1.807) is 24.3 Å². The number of carbonyl (C=O) groups excluding carboxylic acids is 1. The standard InChI is InChI=1S/C27H27N3O3/c1-19(2)33-18-22-12-8-11-21(15-22)16-28-26(31)25-23-13-6-7-14-24(23)27(32)30(29-25)17-20-9-4-3-5-10-20/h3-15,19H,16-18H2,1-2H3,(H,28,31). The number of hydrogen-bond acceptors (Lipinski definition) is 4. The lowest BCUT2D eigenvalue weighted by Gasteiger charge is -2.12. The van der Waals surface area contributed by atoms with Crippen molar-refractivity contribution in [3.05, 3.63) is 112 Å². The maximum Gasteiger partial charge on any atom is 0.274 e. The molecule has 3 aromatic carbocycles. The SMILES string of the molecule is CC(C)OCc1cccc(CNC(=O)c2nn(Cc3ccccc3)c(=O)c3ccccc23)c1. The molecule has 6 heteroatoms. The zero-order chi connectivity index (χ0) is 23.2. The molecule has 0 aliphatic heterocycles. The van der Waals surface area contributed by atoms with Gasteiger partial charge in [0.1, 0.15) is 0 Å². The molecule has 0 aliphatic rings. The molecule has 1 heterocycles. The third kappa shape index (κ3) is 5.54. The van der Waals surface area contributed by atoms with Crippen LogP contribution >= 0.6 is 0 Å². The highest BCUT2D eigenvalue weighted by molar-refractivity contribution is 6.04. The van der Waals surface area contributed by atoms with Crippen molar-refractivity contribution < 1.29 is 9.53 Å². The normalized spacial score (nSPS) is 11.1. The van der Waals surface area contributed by atoms with Gasteiger partial charge in [-0.25, -0.2) is 4.68 Å². The maximum absolute atomic E-state index is 13.1. The summed E-state index contributed by atoms with van der Waals surface area (Å²) >= 11 is 0. The lowest BCUT2D eigenvalue weighted by molar-refractivity contribution is 0.0657. The van der Waals surface area contributed by atoms with Crippen molar-refractivity contribution in [1.82, 2.24) is 15.1 Å². The van der Waals surface area contributed by atoms with Crippen LogP contribution in [0.5, 0.6) is 0 Å².